The average Bonchev–Trinajstić information content (AvgIpc) is 2.16. The zero-order valence-corrected chi connectivity index (χ0v) is 7.71. The second-order valence-electron chi connectivity index (χ2n) is 3.03. The van der Waals surface area contributed by atoms with Crippen molar-refractivity contribution in [1.29, 1.82) is 0 Å². The molecular formula is C9H12N2O3. The van der Waals surface area contributed by atoms with Crippen LogP contribution in [0.3, 0.4) is 0 Å². The van der Waals surface area contributed by atoms with Gasteiger partial charge in [-0.25, -0.2) is 4.79 Å². The fourth-order valence-electron chi connectivity index (χ4n) is 1.13. The summed E-state index contributed by atoms with van der Waals surface area (Å²) in [6, 6.07) is 0.634. The van der Waals surface area contributed by atoms with Gasteiger partial charge in [0.05, 0.1) is 17.7 Å². The van der Waals surface area contributed by atoms with Crippen molar-refractivity contribution in [3.8, 4) is 0 Å². The molecule has 2 atom stereocenters. The van der Waals surface area contributed by atoms with Gasteiger partial charge in [0.15, 0.2) is 0 Å². The van der Waals surface area contributed by atoms with Crippen molar-refractivity contribution in [3.63, 3.8) is 0 Å². The summed E-state index contributed by atoms with van der Waals surface area (Å²) in [5.41, 5.74) is 6.04. The molecule has 5 heteroatoms. The van der Waals surface area contributed by atoms with Gasteiger partial charge in [0.1, 0.15) is 0 Å². The van der Waals surface area contributed by atoms with E-state index in [2.05, 4.69) is 4.98 Å². The number of aliphatic hydroxyl groups is 1. The molecule has 0 aromatic carbocycles. The smallest absolute Gasteiger partial charge is 0.336 e. The molecule has 4 N–H and O–H groups in total. The highest BCUT2D eigenvalue weighted by Gasteiger charge is 2.19. The maximum atomic E-state index is 10.8. The first-order chi connectivity index (χ1) is 6.54. The maximum Gasteiger partial charge on any atom is 0.336 e. The van der Waals surface area contributed by atoms with Gasteiger partial charge in [-0.1, -0.05) is 0 Å². The second-order valence-corrected chi connectivity index (χ2v) is 3.03. The van der Waals surface area contributed by atoms with E-state index in [0.29, 0.717) is 5.56 Å². The van der Waals surface area contributed by atoms with Crippen LogP contribution in [0.1, 0.15) is 28.9 Å². The summed E-state index contributed by atoms with van der Waals surface area (Å²) >= 11 is 0. The highest BCUT2D eigenvalue weighted by Crippen LogP contribution is 2.17. The molecule has 0 spiro atoms. The van der Waals surface area contributed by atoms with Crippen LogP contribution in [-0.4, -0.2) is 27.3 Å². The number of aromatic carboxylic acids is 1. The van der Waals surface area contributed by atoms with Crippen LogP contribution in [0.15, 0.2) is 18.5 Å². The quantitative estimate of drug-likeness (QED) is 0.639. The molecule has 0 unspecified atom stereocenters. The molecule has 5 nitrogen and oxygen atoms in total. The topological polar surface area (TPSA) is 96.4 Å². The summed E-state index contributed by atoms with van der Waals surface area (Å²) in [5.74, 6) is -1.07. The lowest BCUT2D eigenvalue weighted by Gasteiger charge is -2.16. The van der Waals surface area contributed by atoms with Crippen LogP contribution in [-0.2, 0) is 0 Å². The second kappa shape index (κ2) is 4.17. The van der Waals surface area contributed by atoms with Crippen LogP contribution >= 0.6 is 0 Å². The molecule has 1 aromatic rings. The van der Waals surface area contributed by atoms with Crippen LogP contribution in [0.2, 0.25) is 0 Å². The van der Waals surface area contributed by atoms with Gasteiger partial charge < -0.3 is 15.9 Å². The number of carboxylic acids is 1. The Morgan fingerprint density at radius 2 is 2.29 bits per heavy atom. The first-order valence-corrected chi connectivity index (χ1v) is 4.15. The third-order valence-corrected chi connectivity index (χ3v) is 1.96. The van der Waals surface area contributed by atoms with Crippen molar-refractivity contribution < 1.29 is 15.0 Å². The van der Waals surface area contributed by atoms with E-state index >= 15 is 0 Å². The molecule has 0 saturated carbocycles. The summed E-state index contributed by atoms with van der Waals surface area (Å²) in [7, 11) is 0. The predicted octanol–water partition coefficient (Wildman–Crippen LogP) is 0.160. The Balaban J connectivity index is 3.13. The lowest BCUT2D eigenvalue weighted by atomic mass is 10.0. The zero-order chi connectivity index (χ0) is 10.7. The molecule has 0 bridgehead atoms. The normalized spacial score (nSPS) is 14.8. The third kappa shape index (κ3) is 2.07. The van der Waals surface area contributed by atoms with E-state index in [1.54, 1.807) is 0 Å². The number of hydrogen-bond acceptors (Lipinski definition) is 4. The Morgan fingerprint density at radius 3 is 2.79 bits per heavy atom. The van der Waals surface area contributed by atoms with Crippen molar-refractivity contribution in [1.82, 2.24) is 4.98 Å². The minimum atomic E-state index is -1.07. The van der Waals surface area contributed by atoms with Crippen molar-refractivity contribution >= 4 is 5.97 Å². The third-order valence-electron chi connectivity index (χ3n) is 1.96. The number of aliphatic hydroxyl groups excluding tert-OH is 1. The summed E-state index contributed by atoms with van der Waals surface area (Å²) in [5, 5.41) is 18.1. The van der Waals surface area contributed by atoms with E-state index in [9.17, 15) is 9.90 Å². The van der Waals surface area contributed by atoms with E-state index in [1.807, 2.05) is 0 Å². The van der Waals surface area contributed by atoms with E-state index in [-0.39, 0.29) is 5.56 Å². The first kappa shape index (κ1) is 10.6. The Labute approximate surface area is 81.2 Å². The number of aromatic nitrogens is 1. The summed E-state index contributed by atoms with van der Waals surface area (Å²) in [6.45, 7) is 1.50. The molecule has 0 fully saturated rings. The molecule has 0 aliphatic heterocycles. The average molecular weight is 196 g/mol. The Bertz CT molecular complexity index is 339. The molecule has 1 aromatic heterocycles. The van der Waals surface area contributed by atoms with Crippen LogP contribution < -0.4 is 5.73 Å². The number of nitrogens with two attached hydrogens (primary N) is 1. The summed E-state index contributed by atoms with van der Waals surface area (Å²) < 4.78 is 0. The predicted molar refractivity (Wildman–Crippen MR) is 49.8 cm³/mol. The summed E-state index contributed by atoms with van der Waals surface area (Å²) in [4.78, 5) is 14.6. The molecule has 0 amide bonds. The van der Waals surface area contributed by atoms with Gasteiger partial charge in [0.2, 0.25) is 0 Å². The van der Waals surface area contributed by atoms with Gasteiger partial charge in [-0.05, 0) is 13.0 Å². The Hall–Kier alpha value is -1.46. The van der Waals surface area contributed by atoms with Gasteiger partial charge in [-0.2, -0.15) is 0 Å². The minimum absolute atomic E-state index is 0.0772. The van der Waals surface area contributed by atoms with E-state index in [4.69, 9.17) is 10.8 Å². The van der Waals surface area contributed by atoms with Crippen molar-refractivity contribution in [2.45, 2.75) is 19.1 Å². The highest BCUT2D eigenvalue weighted by molar-refractivity contribution is 5.89. The van der Waals surface area contributed by atoms with Gasteiger partial charge >= 0.3 is 5.97 Å². The molecule has 1 rings (SSSR count). The van der Waals surface area contributed by atoms with E-state index in [1.165, 1.54) is 25.4 Å². The first-order valence-electron chi connectivity index (χ1n) is 4.15. The summed E-state index contributed by atoms with van der Waals surface area (Å²) in [6.07, 6.45) is 1.93. The minimum Gasteiger partial charge on any atom is -0.478 e. The van der Waals surface area contributed by atoms with E-state index in [0.717, 1.165) is 0 Å². The Kier molecular flexibility index (Phi) is 3.16. The highest BCUT2D eigenvalue weighted by atomic mass is 16.4. The fourth-order valence-corrected chi connectivity index (χ4v) is 1.13. The van der Waals surface area contributed by atoms with Crippen molar-refractivity contribution in [3.05, 3.63) is 29.6 Å². The van der Waals surface area contributed by atoms with Crippen molar-refractivity contribution in [2.24, 2.45) is 5.73 Å². The molecule has 14 heavy (non-hydrogen) atoms. The zero-order valence-electron chi connectivity index (χ0n) is 7.71. The van der Waals surface area contributed by atoms with Gasteiger partial charge in [0.25, 0.3) is 0 Å². The maximum absolute atomic E-state index is 10.8. The number of carboxylic acid groups (broad SMARTS) is 1. The number of hydrogen-bond donors (Lipinski definition) is 3. The van der Waals surface area contributed by atoms with Gasteiger partial charge in [-0.3, -0.25) is 4.98 Å². The standard InChI is InChI=1S/C9H12N2O3/c1-5(12)8(10)7-4-11-3-2-6(7)9(13)14/h2-5,8,12H,10H2,1H3,(H,13,14)/t5-,8+/m0/s1. The van der Waals surface area contributed by atoms with Gasteiger partial charge in [-0.15, -0.1) is 0 Å². The fraction of sp³-hybridized carbons (Fsp3) is 0.333. The number of rotatable bonds is 3. The molecular weight excluding hydrogens is 184 g/mol. The SMILES string of the molecule is C[C@H](O)[C@@H](N)c1cnccc1C(=O)O. The number of nitrogens with zero attached hydrogens (tertiary/aromatic N) is 1. The largest absolute Gasteiger partial charge is 0.478 e. The monoisotopic (exact) mass is 196 g/mol. The molecule has 0 aliphatic carbocycles. The lowest BCUT2D eigenvalue weighted by molar-refractivity contribution is 0.0693. The lowest BCUT2D eigenvalue weighted by Crippen LogP contribution is -2.25. The Morgan fingerprint density at radius 1 is 1.64 bits per heavy atom. The van der Waals surface area contributed by atoms with Crippen LogP contribution in [0, 0.1) is 0 Å². The molecule has 76 valence electrons. The van der Waals surface area contributed by atoms with E-state index < -0.39 is 18.1 Å². The number of carbonyl (C=O) groups is 1. The molecule has 0 saturated heterocycles. The van der Waals surface area contributed by atoms with Crippen LogP contribution in [0.4, 0.5) is 0 Å². The van der Waals surface area contributed by atoms with Crippen LogP contribution in [0.25, 0.3) is 0 Å². The molecule has 0 aliphatic rings. The number of pyridine rings is 1. The van der Waals surface area contributed by atoms with Gasteiger partial charge in [0, 0.05) is 18.0 Å². The van der Waals surface area contributed by atoms with Crippen molar-refractivity contribution in [2.75, 3.05) is 0 Å². The molecule has 0 radical (unpaired) electrons. The molecule has 1 heterocycles. The van der Waals surface area contributed by atoms with Crippen LogP contribution in [0.5, 0.6) is 0 Å².